The largest absolute Gasteiger partial charge is 0.310 e. The molecule has 0 spiro atoms. The highest BCUT2D eigenvalue weighted by atomic mass is 32.1. The zero-order chi connectivity index (χ0) is 12.0. The summed E-state index contributed by atoms with van der Waals surface area (Å²) >= 11 is 1.75. The Labute approximate surface area is 103 Å². The molecular weight excluding hydrogens is 218 g/mol. The molecule has 0 aliphatic rings. The minimum absolute atomic E-state index is 0.771. The molecule has 0 radical (unpaired) electrons. The second kappa shape index (κ2) is 6.99. The average molecular weight is 241 g/mol. The molecule has 0 aliphatic carbocycles. The molecule has 1 aromatic rings. The van der Waals surface area contributed by atoms with Crippen LogP contribution in [0.4, 0.5) is 0 Å². The van der Waals surface area contributed by atoms with Crippen LogP contribution in [0.1, 0.15) is 31.0 Å². The number of hydrogen-bond donors (Lipinski definition) is 1. The van der Waals surface area contributed by atoms with Gasteiger partial charge in [0.25, 0.3) is 0 Å². The van der Waals surface area contributed by atoms with Crippen LogP contribution in [0.25, 0.3) is 0 Å². The first-order chi connectivity index (χ1) is 7.58. The zero-order valence-electron chi connectivity index (χ0n) is 10.8. The lowest BCUT2D eigenvalue weighted by Gasteiger charge is -2.06. The summed E-state index contributed by atoms with van der Waals surface area (Å²) in [6.07, 6.45) is 1.23. The highest BCUT2D eigenvalue weighted by Crippen LogP contribution is 2.10. The van der Waals surface area contributed by atoms with Gasteiger partial charge in [0.1, 0.15) is 5.01 Å². The van der Waals surface area contributed by atoms with Crippen molar-refractivity contribution in [2.75, 3.05) is 20.6 Å². The van der Waals surface area contributed by atoms with Gasteiger partial charge in [0, 0.05) is 18.5 Å². The molecule has 1 heterocycles. The lowest BCUT2D eigenvalue weighted by molar-refractivity contribution is 0.397. The van der Waals surface area contributed by atoms with Crippen molar-refractivity contribution in [2.24, 2.45) is 5.92 Å². The fraction of sp³-hybridized carbons (Fsp3) is 0.750. The summed E-state index contributed by atoms with van der Waals surface area (Å²) in [5, 5.41) is 6.78. The Bertz CT molecular complexity index is 294. The fourth-order valence-corrected chi connectivity index (χ4v) is 2.17. The van der Waals surface area contributed by atoms with Crippen LogP contribution in [-0.2, 0) is 13.1 Å². The van der Waals surface area contributed by atoms with Gasteiger partial charge >= 0.3 is 0 Å². The Balaban J connectivity index is 2.24. The Hall–Kier alpha value is -0.450. The van der Waals surface area contributed by atoms with Crippen LogP contribution in [0.3, 0.4) is 0 Å². The predicted molar refractivity (Wildman–Crippen MR) is 70.7 cm³/mol. The van der Waals surface area contributed by atoms with E-state index in [2.05, 4.69) is 48.5 Å². The fourth-order valence-electron chi connectivity index (χ4n) is 1.41. The van der Waals surface area contributed by atoms with Gasteiger partial charge in [-0.1, -0.05) is 13.8 Å². The molecule has 0 bridgehead atoms. The number of hydrogen-bond acceptors (Lipinski definition) is 4. The van der Waals surface area contributed by atoms with Crippen molar-refractivity contribution >= 4 is 11.3 Å². The Kier molecular flexibility index (Phi) is 5.95. The summed E-state index contributed by atoms with van der Waals surface area (Å²) in [7, 11) is 4.14. The minimum atomic E-state index is 0.771. The second-order valence-electron chi connectivity index (χ2n) is 4.83. The van der Waals surface area contributed by atoms with E-state index in [9.17, 15) is 0 Å². The number of nitrogens with zero attached hydrogens (tertiary/aromatic N) is 2. The standard InChI is InChI=1S/C12H23N3S/c1-10(2)5-6-13-7-12-14-11(9-16-12)8-15(3)4/h9-10,13H,5-8H2,1-4H3. The zero-order valence-corrected chi connectivity index (χ0v) is 11.6. The van der Waals surface area contributed by atoms with Gasteiger partial charge in [-0.15, -0.1) is 11.3 Å². The number of nitrogens with one attached hydrogen (secondary N) is 1. The third-order valence-corrected chi connectivity index (χ3v) is 3.15. The van der Waals surface area contributed by atoms with Crippen molar-refractivity contribution in [3.63, 3.8) is 0 Å². The number of thiazole rings is 1. The molecule has 1 rings (SSSR count). The summed E-state index contributed by atoms with van der Waals surface area (Å²) in [5.41, 5.74) is 1.18. The molecule has 4 heteroatoms. The maximum absolute atomic E-state index is 4.58. The van der Waals surface area contributed by atoms with Crippen LogP contribution in [-0.4, -0.2) is 30.5 Å². The van der Waals surface area contributed by atoms with E-state index in [1.165, 1.54) is 17.1 Å². The summed E-state index contributed by atoms with van der Waals surface area (Å²) < 4.78 is 0. The van der Waals surface area contributed by atoms with E-state index in [1.807, 2.05) is 0 Å². The van der Waals surface area contributed by atoms with Crippen molar-refractivity contribution in [1.29, 1.82) is 0 Å². The van der Waals surface area contributed by atoms with E-state index in [4.69, 9.17) is 0 Å². The van der Waals surface area contributed by atoms with Crippen LogP contribution in [0.5, 0.6) is 0 Å². The van der Waals surface area contributed by atoms with Gasteiger partial charge in [0.15, 0.2) is 0 Å². The number of aromatic nitrogens is 1. The van der Waals surface area contributed by atoms with Gasteiger partial charge in [-0.05, 0) is 33.0 Å². The quantitative estimate of drug-likeness (QED) is 0.743. The highest BCUT2D eigenvalue weighted by molar-refractivity contribution is 7.09. The summed E-state index contributed by atoms with van der Waals surface area (Å²) in [4.78, 5) is 6.73. The van der Waals surface area contributed by atoms with E-state index in [-0.39, 0.29) is 0 Å². The SMILES string of the molecule is CC(C)CCNCc1nc(CN(C)C)cs1. The molecule has 92 valence electrons. The molecule has 16 heavy (non-hydrogen) atoms. The predicted octanol–water partition coefficient (Wildman–Crippen LogP) is 2.34. The van der Waals surface area contributed by atoms with Gasteiger partial charge in [0.05, 0.1) is 5.69 Å². The first-order valence-electron chi connectivity index (χ1n) is 5.86. The topological polar surface area (TPSA) is 28.2 Å². The Morgan fingerprint density at radius 1 is 1.44 bits per heavy atom. The molecule has 3 nitrogen and oxygen atoms in total. The van der Waals surface area contributed by atoms with E-state index in [1.54, 1.807) is 11.3 Å². The Morgan fingerprint density at radius 2 is 2.19 bits per heavy atom. The second-order valence-corrected chi connectivity index (χ2v) is 5.77. The lowest BCUT2D eigenvalue weighted by atomic mass is 10.1. The average Bonchev–Trinajstić information content (AvgIpc) is 2.59. The van der Waals surface area contributed by atoms with E-state index >= 15 is 0 Å². The van der Waals surface area contributed by atoms with Crippen molar-refractivity contribution in [3.8, 4) is 0 Å². The van der Waals surface area contributed by atoms with E-state index in [0.717, 1.165) is 25.6 Å². The van der Waals surface area contributed by atoms with Gasteiger partial charge in [-0.3, -0.25) is 0 Å². The van der Waals surface area contributed by atoms with Gasteiger partial charge in [-0.2, -0.15) is 0 Å². The molecule has 0 saturated heterocycles. The van der Waals surface area contributed by atoms with Gasteiger partial charge in [0.2, 0.25) is 0 Å². The van der Waals surface area contributed by atoms with Crippen molar-refractivity contribution in [2.45, 2.75) is 33.4 Å². The lowest BCUT2D eigenvalue weighted by Crippen LogP contribution is -2.16. The van der Waals surface area contributed by atoms with E-state index < -0.39 is 0 Å². The van der Waals surface area contributed by atoms with Crippen molar-refractivity contribution in [1.82, 2.24) is 15.2 Å². The van der Waals surface area contributed by atoms with Gasteiger partial charge < -0.3 is 10.2 Å². The summed E-state index contributed by atoms with van der Waals surface area (Å²) in [5.74, 6) is 0.771. The molecule has 0 aromatic carbocycles. The normalized spacial score (nSPS) is 11.6. The summed E-state index contributed by atoms with van der Waals surface area (Å²) in [6, 6.07) is 0. The molecular formula is C12H23N3S. The number of rotatable bonds is 7. The highest BCUT2D eigenvalue weighted by Gasteiger charge is 2.02. The van der Waals surface area contributed by atoms with Gasteiger partial charge in [-0.25, -0.2) is 4.98 Å². The third kappa shape index (κ3) is 5.58. The Morgan fingerprint density at radius 3 is 2.81 bits per heavy atom. The van der Waals surface area contributed by atoms with Crippen LogP contribution in [0.15, 0.2) is 5.38 Å². The first kappa shape index (κ1) is 13.6. The van der Waals surface area contributed by atoms with Crippen LogP contribution < -0.4 is 5.32 Å². The van der Waals surface area contributed by atoms with Crippen LogP contribution in [0, 0.1) is 5.92 Å². The molecule has 0 atom stereocenters. The van der Waals surface area contributed by atoms with Crippen molar-refractivity contribution < 1.29 is 0 Å². The molecule has 1 N–H and O–H groups in total. The molecule has 0 saturated carbocycles. The smallest absolute Gasteiger partial charge is 0.107 e. The third-order valence-electron chi connectivity index (χ3n) is 2.25. The first-order valence-corrected chi connectivity index (χ1v) is 6.74. The minimum Gasteiger partial charge on any atom is -0.310 e. The maximum Gasteiger partial charge on any atom is 0.107 e. The van der Waals surface area contributed by atoms with Crippen LogP contribution in [0.2, 0.25) is 0 Å². The molecule has 0 unspecified atom stereocenters. The molecule has 0 aliphatic heterocycles. The van der Waals surface area contributed by atoms with Crippen LogP contribution >= 0.6 is 11.3 Å². The monoisotopic (exact) mass is 241 g/mol. The molecule has 1 aromatic heterocycles. The van der Waals surface area contributed by atoms with Crippen molar-refractivity contribution in [3.05, 3.63) is 16.1 Å². The van der Waals surface area contributed by atoms with E-state index in [0.29, 0.717) is 0 Å². The summed E-state index contributed by atoms with van der Waals surface area (Å²) in [6.45, 7) is 7.42. The molecule has 0 amide bonds. The maximum atomic E-state index is 4.58. The molecule has 0 fully saturated rings.